The van der Waals surface area contributed by atoms with Crippen molar-refractivity contribution in [2.75, 3.05) is 5.32 Å². The highest BCUT2D eigenvalue weighted by Gasteiger charge is 2.31. The molecule has 1 atom stereocenters. The van der Waals surface area contributed by atoms with E-state index in [4.69, 9.17) is 5.73 Å². The minimum atomic E-state index is -4.79. The molecule has 0 fully saturated rings. The Hall–Kier alpha value is -3.23. The van der Waals surface area contributed by atoms with Crippen LogP contribution in [0.5, 0.6) is 5.75 Å². The maximum Gasteiger partial charge on any atom is 0.573 e. The predicted molar refractivity (Wildman–Crippen MR) is 88.4 cm³/mol. The van der Waals surface area contributed by atoms with E-state index < -0.39 is 30.1 Å². The van der Waals surface area contributed by atoms with Gasteiger partial charge in [0.05, 0.1) is 0 Å². The Morgan fingerprint density at radius 1 is 1.04 bits per heavy atom. The summed E-state index contributed by atoms with van der Waals surface area (Å²) in [6, 6.07) is 11.9. The zero-order valence-electron chi connectivity index (χ0n) is 13.4. The predicted octanol–water partition coefficient (Wildman–Crippen LogP) is 2.80. The third kappa shape index (κ3) is 6.34. The van der Waals surface area contributed by atoms with E-state index in [1.54, 1.807) is 24.3 Å². The van der Waals surface area contributed by atoms with E-state index in [2.05, 4.69) is 15.4 Å². The highest BCUT2D eigenvalue weighted by Crippen LogP contribution is 2.23. The van der Waals surface area contributed by atoms with Gasteiger partial charge in [0.1, 0.15) is 11.8 Å². The average Bonchev–Trinajstić information content (AvgIpc) is 2.55. The van der Waals surface area contributed by atoms with Gasteiger partial charge in [0.25, 0.3) is 0 Å². The Labute approximate surface area is 147 Å². The maximum absolute atomic E-state index is 12.1. The molecular weight excluding hydrogens is 351 g/mol. The number of hydrogen-bond acceptors (Lipinski definition) is 3. The Morgan fingerprint density at radius 2 is 1.65 bits per heavy atom. The third-order valence-corrected chi connectivity index (χ3v) is 3.28. The Kier molecular flexibility index (Phi) is 6.05. The van der Waals surface area contributed by atoms with Crippen LogP contribution in [0.15, 0.2) is 54.6 Å². The Balaban J connectivity index is 1.94. The number of rotatable bonds is 6. The molecule has 0 aliphatic rings. The van der Waals surface area contributed by atoms with Crippen LogP contribution in [0.2, 0.25) is 0 Å². The van der Waals surface area contributed by atoms with Crippen molar-refractivity contribution in [3.8, 4) is 5.75 Å². The topological polar surface area (TPSA) is 93.5 Å². The van der Waals surface area contributed by atoms with Crippen LogP contribution >= 0.6 is 0 Å². The lowest BCUT2D eigenvalue weighted by Gasteiger charge is -2.16. The zero-order valence-corrected chi connectivity index (χ0v) is 13.4. The summed E-state index contributed by atoms with van der Waals surface area (Å²) in [6.07, 6.45) is -4.58. The second-order valence-corrected chi connectivity index (χ2v) is 5.32. The van der Waals surface area contributed by atoms with Crippen molar-refractivity contribution < 1.29 is 27.5 Å². The van der Waals surface area contributed by atoms with E-state index in [1.807, 2.05) is 6.07 Å². The average molecular weight is 367 g/mol. The molecule has 0 saturated carbocycles. The van der Waals surface area contributed by atoms with E-state index in [0.29, 0.717) is 0 Å². The van der Waals surface area contributed by atoms with Gasteiger partial charge in [-0.25, -0.2) is 4.79 Å². The van der Waals surface area contributed by atoms with Crippen molar-refractivity contribution in [3.63, 3.8) is 0 Å². The van der Waals surface area contributed by atoms with Crippen molar-refractivity contribution in [3.05, 3.63) is 60.2 Å². The van der Waals surface area contributed by atoms with Crippen molar-refractivity contribution in [1.29, 1.82) is 0 Å². The van der Waals surface area contributed by atoms with Crippen molar-refractivity contribution in [1.82, 2.24) is 5.32 Å². The number of primary amides is 1. The van der Waals surface area contributed by atoms with Gasteiger partial charge in [0.2, 0.25) is 5.91 Å². The number of halogens is 3. The van der Waals surface area contributed by atoms with Crippen molar-refractivity contribution >= 4 is 17.6 Å². The fourth-order valence-corrected chi connectivity index (χ4v) is 2.14. The second-order valence-electron chi connectivity index (χ2n) is 5.32. The first-order valence-electron chi connectivity index (χ1n) is 7.49. The van der Waals surface area contributed by atoms with E-state index in [9.17, 15) is 22.8 Å². The van der Waals surface area contributed by atoms with Crippen LogP contribution < -0.4 is 21.1 Å². The lowest BCUT2D eigenvalue weighted by Crippen LogP contribution is -2.47. The lowest BCUT2D eigenvalue weighted by molar-refractivity contribution is -0.274. The molecule has 0 saturated heterocycles. The number of alkyl halides is 3. The van der Waals surface area contributed by atoms with Crippen molar-refractivity contribution in [2.45, 2.75) is 18.8 Å². The van der Waals surface area contributed by atoms with Gasteiger partial charge in [0, 0.05) is 12.1 Å². The smallest absolute Gasteiger partial charge is 0.406 e. The quantitative estimate of drug-likeness (QED) is 0.733. The van der Waals surface area contributed by atoms with E-state index in [-0.39, 0.29) is 12.1 Å². The number of carbonyl (C=O) groups is 2. The van der Waals surface area contributed by atoms with E-state index in [0.717, 1.165) is 17.7 Å². The minimum absolute atomic E-state index is 0.210. The van der Waals surface area contributed by atoms with Crippen LogP contribution in [0.3, 0.4) is 0 Å². The van der Waals surface area contributed by atoms with Crippen molar-refractivity contribution in [2.24, 2.45) is 5.73 Å². The van der Waals surface area contributed by atoms with Crippen LogP contribution in [0.4, 0.5) is 23.7 Å². The lowest BCUT2D eigenvalue weighted by atomic mass is 10.1. The highest BCUT2D eigenvalue weighted by atomic mass is 19.4. The summed E-state index contributed by atoms with van der Waals surface area (Å²) in [4.78, 5) is 23.5. The van der Waals surface area contributed by atoms with Gasteiger partial charge in [-0.2, -0.15) is 0 Å². The summed E-state index contributed by atoms with van der Waals surface area (Å²) < 4.78 is 40.0. The number of nitrogens with one attached hydrogen (secondary N) is 2. The van der Waals surface area contributed by atoms with Gasteiger partial charge in [-0.05, 0) is 29.8 Å². The molecule has 6 nitrogen and oxygen atoms in total. The molecular formula is C17H16F3N3O3. The van der Waals surface area contributed by atoms with Gasteiger partial charge in [-0.3, -0.25) is 4.79 Å². The summed E-state index contributed by atoms with van der Waals surface area (Å²) in [6.45, 7) is 0. The molecule has 9 heteroatoms. The van der Waals surface area contributed by atoms with Gasteiger partial charge >= 0.3 is 12.4 Å². The highest BCUT2D eigenvalue weighted by molar-refractivity contribution is 5.93. The van der Waals surface area contributed by atoms with Crippen LogP contribution in [0, 0.1) is 0 Å². The SMILES string of the molecule is NC(=O)C(Cc1ccccc1)NC(=O)Nc1ccc(OC(F)(F)F)cc1. The zero-order chi connectivity index (χ0) is 19.2. The van der Waals surface area contributed by atoms with Gasteiger partial charge in [0.15, 0.2) is 0 Å². The normalized spacial score (nSPS) is 12.1. The number of hydrogen-bond donors (Lipinski definition) is 3. The molecule has 2 aromatic carbocycles. The molecule has 138 valence electrons. The summed E-state index contributed by atoms with van der Waals surface area (Å²) >= 11 is 0. The molecule has 2 aromatic rings. The van der Waals surface area contributed by atoms with Gasteiger partial charge in [-0.15, -0.1) is 13.2 Å². The summed E-state index contributed by atoms with van der Waals surface area (Å²) in [5, 5.41) is 4.84. The van der Waals surface area contributed by atoms with Gasteiger partial charge < -0.3 is 21.1 Å². The standard InChI is InChI=1S/C17H16F3N3O3/c18-17(19,20)26-13-8-6-12(7-9-13)22-16(25)23-14(15(21)24)10-11-4-2-1-3-5-11/h1-9,14H,10H2,(H2,21,24)(H2,22,23,25). The molecule has 4 N–H and O–H groups in total. The Morgan fingerprint density at radius 3 is 2.19 bits per heavy atom. The second kappa shape index (κ2) is 8.24. The van der Waals surface area contributed by atoms with Crippen LogP contribution in [0.1, 0.15) is 5.56 Å². The summed E-state index contributed by atoms with van der Waals surface area (Å²) in [7, 11) is 0. The summed E-state index contributed by atoms with van der Waals surface area (Å²) in [5.41, 5.74) is 6.33. The van der Waals surface area contributed by atoms with Crippen LogP contribution in [-0.2, 0) is 11.2 Å². The molecule has 0 bridgehead atoms. The fraction of sp³-hybridized carbons (Fsp3) is 0.176. The molecule has 1 unspecified atom stereocenters. The first-order chi connectivity index (χ1) is 12.2. The molecule has 0 heterocycles. The molecule has 2 rings (SSSR count). The number of ether oxygens (including phenoxy) is 1. The van der Waals surface area contributed by atoms with Crippen LogP contribution in [-0.4, -0.2) is 24.3 Å². The fourth-order valence-electron chi connectivity index (χ4n) is 2.14. The molecule has 3 amide bonds. The monoisotopic (exact) mass is 367 g/mol. The number of benzene rings is 2. The largest absolute Gasteiger partial charge is 0.573 e. The molecule has 0 spiro atoms. The molecule has 0 radical (unpaired) electrons. The number of urea groups is 1. The first kappa shape index (κ1) is 19.1. The molecule has 0 aliphatic carbocycles. The molecule has 0 aromatic heterocycles. The Bertz CT molecular complexity index is 749. The maximum atomic E-state index is 12.1. The van der Waals surface area contributed by atoms with E-state index >= 15 is 0 Å². The van der Waals surface area contributed by atoms with Crippen LogP contribution in [0.25, 0.3) is 0 Å². The number of carbonyl (C=O) groups excluding carboxylic acids is 2. The number of amides is 3. The number of anilines is 1. The third-order valence-electron chi connectivity index (χ3n) is 3.28. The summed E-state index contributed by atoms with van der Waals surface area (Å²) in [5.74, 6) is -1.12. The minimum Gasteiger partial charge on any atom is -0.406 e. The number of nitrogens with two attached hydrogens (primary N) is 1. The molecule has 26 heavy (non-hydrogen) atoms. The molecule has 0 aliphatic heterocycles. The first-order valence-corrected chi connectivity index (χ1v) is 7.49. The van der Waals surface area contributed by atoms with E-state index in [1.165, 1.54) is 12.1 Å². The van der Waals surface area contributed by atoms with Gasteiger partial charge in [-0.1, -0.05) is 30.3 Å².